The lowest BCUT2D eigenvalue weighted by Gasteiger charge is -2.09. The minimum absolute atomic E-state index is 0.0824. The minimum Gasteiger partial charge on any atom is -0.452 e. The Bertz CT molecular complexity index is 867. The molecule has 0 radical (unpaired) electrons. The number of hydrogen-bond acceptors (Lipinski definition) is 6. The summed E-state index contributed by atoms with van der Waals surface area (Å²) in [6.07, 6.45) is 0.0824. The number of amides is 1. The molecule has 2 aromatic rings. The molecule has 8 nitrogen and oxygen atoms in total. The fourth-order valence-corrected chi connectivity index (χ4v) is 2.12. The first-order valence-electron chi connectivity index (χ1n) is 8.37. The Balaban J connectivity index is 1.89. The van der Waals surface area contributed by atoms with Crippen molar-refractivity contribution in [3.63, 3.8) is 0 Å². The predicted molar refractivity (Wildman–Crippen MR) is 98.3 cm³/mol. The smallest absolute Gasteiger partial charge is 0.338 e. The molecule has 0 bridgehead atoms. The van der Waals surface area contributed by atoms with Crippen LogP contribution < -0.4 is 5.32 Å². The number of non-ortho nitro benzene ring substituents is 1. The maximum Gasteiger partial charge on any atom is 0.338 e. The van der Waals surface area contributed by atoms with Crippen molar-refractivity contribution >= 4 is 23.3 Å². The lowest BCUT2D eigenvalue weighted by atomic mass is 10.1. The molecule has 2 aromatic carbocycles. The summed E-state index contributed by atoms with van der Waals surface area (Å²) in [7, 11) is 0. The molecule has 0 saturated heterocycles. The second-order valence-corrected chi connectivity index (χ2v) is 6.10. The highest BCUT2D eigenvalue weighted by molar-refractivity contribution is 5.95. The second kappa shape index (κ2) is 9.56. The normalized spacial score (nSPS) is 10.6. The molecule has 148 valence electrons. The average molecular weight is 390 g/mol. The van der Waals surface area contributed by atoms with E-state index in [0.29, 0.717) is 6.61 Å². The van der Waals surface area contributed by atoms with Crippen molar-refractivity contribution in [2.75, 3.05) is 11.9 Å². The summed E-state index contributed by atoms with van der Waals surface area (Å²) in [5, 5.41) is 12.9. The fraction of sp³-hybridized carbons (Fsp3) is 0.263. The minimum atomic E-state index is -0.843. The number of anilines is 1. The van der Waals surface area contributed by atoms with Crippen LogP contribution in [0.25, 0.3) is 0 Å². The van der Waals surface area contributed by atoms with Crippen molar-refractivity contribution in [3.05, 3.63) is 69.5 Å². The first-order valence-corrected chi connectivity index (χ1v) is 8.37. The summed E-state index contributed by atoms with van der Waals surface area (Å²) in [5.74, 6) is -2.40. The Morgan fingerprint density at radius 1 is 1.18 bits per heavy atom. The van der Waals surface area contributed by atoms with Gasteiger partial charge in [-0.15, -0.1) is 0 Å². The van der Waals surface area contributed by atoms with Gasteiger partial charge in [0.2, 0.25) is 0 Å². The van der Waals surface area contributed by atoms with Gasteiger partial charge in [0.05, 0.1) is 28.9 Å². The van der Waals surface area contributed by atoms with Crippen molar-refractivity contribution in [1.29, 1.82) is 0 Å². The van der Waals surface area contributed by atoms with Crippen LogP contribution in [-0.2, 0) is 20.9 Å². The van der Waals surface area contributed by atoms with E-state index in [4.69, 9.17) is 9.47 Å². The molecule has 0 atom stereocenters. The number of hydrogen-bond donors (Lipinski definition) is 1. The Labute approximate surface area is 160 Å². The van der Waals surface area contributed by atoms with E-state index in [2.05, 4.69) is 5.32 Å². The molecular weight excluding hydrogens is 371 g/mol. The van der Waals surface area contributed by atoms with Crippen molar-refractivity contribution in [1.82, 2.24) is 0 Å². The lowest BCUT2D eigenvalue weighted by Crippen LogP contribution is -2.21. The van der Waals surface area contributed by atoms with Crippen LogP contribution in [0.1, 0.15) is 29.8 Å². The molecular formula is C19H19FN2O6. The van der Waals surface area contributed by atoms with E-state index in [1.807, 2.05) is 13.8 Å². The number of esters is 1. The highest BCUT2D eigenvalue weighted by Gasteiger charge is 2.15. The Morgan fingerprint density at radius 3 is 2.46 bits per heavy atom. The van der Waals surface area contributed by atoms with Crippen molar-refractivity contribution < 1.29 is 28.4 Å². The van der Waals surface area contributed by atoms with Crippen LogP contribution in [0.5, 0.6) is 0 Å². The van der Waals surface area contributed by atoms with Gasteiger partial charge in [0.1, 0.15) is 5.82 Å². The largest absolute Gasteiger partial charge is 0.452 e. The van der Waals surface area contributed by atoms with E-state index >= 15 is 0 Å². The highest BCUT2D eigenvalue weighted by Crippen LogP contribution is 2.21. The first kappa shape index (κ1) is 21.0. The molecule has 0 saturated carbocycles. The van der Waals surface area contributed by atoms with Crippen LogP contribution >= 0.6 is 0 Å². The lowest BCUT2D eigenvalue weighted by molar-refractivity contribution is -0.384. The van der Waals surface area contributed by atoms with Gasteiger partial charge in [0.15, 0.2) is 6.61 Å². The third-order valence-corrected chi connectivity index (χ3v) is 3.54. The van der Waals surface area contributed by atoms with Crippen LogP contribution in [0.2, 0.25) is 0 Å². The highest BCUT2D eigenvalue weighted by atomic mass is 19.1. The molecule has 0 spiro atoms. The predicted octanol–water partition coefficient (Wildman–Crippen LogP) is 3.45. The van der Waals surface area contributed by atoms with E-state index < -0.39 is 29.2 Å². The van der Waals surface area contributed by atoms with Gasteiger partial charge in [-0.25, -0.2) is 9.18 Å². The van der Waals surface area contributed by atoms with Crippen LogP contribution in [-0.4, -0.2) is 29.5 Å². The molecule has 0 unspecified atom stereocenters. The van der Waals surface area contributed by atoms with E-state index in [-0.39, 0.29) is 23.0 Å². The molecule has 0 heterocycles. The third kappa shape index (κ3) is 6.13. The number of nitro groups is 1. The SMILES string of the molecule is CC(C)OCc1ccc(C(=O)OCC(=O)Nc2cc([N+](=O)[O-])ccc2F)cc1. The summed E-state index contributed by atoms with van der Waals surface area (Å²) >= 11 is 0. The molecule has 2 rings (SSSR count). The van der Waals surface area contributed by atoms with E-state index in [0.717, 1.165) is 23.8 Å². The zero-order valence-electron chi connectivity index (χ0n) is 15.3. The zero-order valence-corrected chi connectivity index (χ0v) is 15.3. The van der Waals surface area contributed by atoms with Gasteiger partial charge in [-0.3, -0.25) is 14.9 Å². The average Bonchev–Trinajstić information content (AvgIpc) is 2.66. The van der Waals surface area contributed by atoms with Crippen LogP contribution in [0.3, 0.4) is 0 Å². The van der Waals surface area contributed by atoms with Crippen LogP contribution in [0, 0.1) is 15.9 Å². The zero-order chi connectivity index (χ0) is 20.7. The number of nitro benzene ring substituents is 1. The first-order chi connectivity index (χ1) is 13.3. The Hall–Kier alpha value is -3.33. The molecule has 9 heteroatoms. The summed E-state index contributed by atoms with van der Waals surface area (Å²) in [5.41, 5.74) is 0.367. The molecule has 0 aliphatic carbocycles. The number of benzene rings is 2. The van der Waals surface area contributed by atoms with Crippen LogP contribution in [0.4, 0.5) is 15.8 Å². The molecule has 0 aliphatic rings. The van der Waals surface area contributed by atoms with Gasteiger partial charge < -0.3 is 14.8 Å². The van der Waals surface area contributed by atoms with Crippen LogP contribution in [0.15, 0.2) is 42.5 Å². The fourth-order valence-electron chi connectivity index (χ4n) is 2.12. The van der Waals surface area contributed by atoms with Gasteiger partial charge in [-0.05, 0) is 37.6 Å². The molecule has 0 fully saturated rings. The molecule has 0 aromatic heterocycles. The Morgan fingerprint density at radius 2 is 1.86 bits per heavy atom. The van der Waals surface area contributed by atoms with Gasteiger partial charge >= 0.3 is 5.97 Å². The second-order valence-electron chi connectivity index (χ2n) is 6.10. The van der Waals surface area contributed by atoms with Crippen molar-refractivity contribution in [3.8, 4) is 0 Å². The number of rotatable bonds is 8. The topological polar surface area (TPSA) is 108 Å². The van der Waals surface area contributed by atoms with E-state index in [1.165, 1.54) is 0 Å². The molecule has 1 amide bonds. The quantitative estimate of drug-likeness (QED) is 0.420. The number of halogens is 1. The monoisotopic (exact) mass is 390 g/mol. The number of carbonyl (C=O) groups excluding carboxylic acids is 2. The summed E-state index contributed by atoms with van der Waals surface area (Å²) < 4.78 is 24.0. The maximum atomic E-state index is 13.7. The number of ether oxygens (including phenoxy) is 2. The summed E-state index contributed by atoms with van der Waals surface area (Å²) in [4.78, 5) is 33.8. The van der Waals surface area contributed by atoms with Crippen molar-refractivity contribution in [2.45, 2.75) is 26.6 Å². The molecule has 28 heavy (non-hydrogen) atoms. The third-order valence-electron chi connectivity index (χ3n) is 3.54. The number of nitrogens with one attached hydrogen (secondary N) is 1. The molecule has 1 N–H and O–H groups in total. The Kier molecular flexibility index (Phi) is 7.16. The summed E-state index contributed by atoms with van der Waals surface area (Å²) in [6.45, 7) is 3.57. The van der Waals surface area contributed by atoms with Crippen molar-refractivity contribution in [2.24, 2.45) is 0 Å². The van der Waals surface area contributed by atoms with Gasteiger partial charge in [0.25, 0.3) is 11.6 Å². The maximum absolute atomic E-state index is 13.7. The standard InChI is InChI=1S/C19H19FN2O6/c1-12(2)27-10-13-3-5-14(6-4-13)19(24)28-11-18(23)21-17-9-15(22(25)26)7-8-16(17)20/h3-9,12H,10-11H2,1-2H3,(H,21,23). The van der Waals surface area contributed by atoms with Gasteiger partial charge in [-0.1, -0.05) is 12.1 Å². The van der Waals surface area contributed by atoms with E-state index in [9.17, 15) is 24.1 Å². The van der Waals surface area contributed by atoms with E-state index in [1.54, 1.807) is 24.3 Å². The van der Waals surface area contributed by atoms with Gasteiger partial charge in [-0.2, -0.15) is 0 Å². The number of carbonyl (C=O) groups is 2. The van der Waals surface area contributed by atoms with Gasteiger partial charge in [0, 0.05) is 12.1 Å². The number of nitrogens with zero attached hydrogens (tertiary/aromatic N) is 1. The summed E-state index contributed by atoms with van der Waals surface area (Å²) in [6, 6.07) is 9.21. The molecule has 0 aliphatic heterocycles.